The highest BCUT2D eigenvalue weighted by molar-refractivity contribution is 6.30. The number of nitrogens with zero attached hydrogens (tertiary/aromatic N) is 3. The average molecular weight is 307 g/mol. The van der Waals surface area contributed by atoms with Crippen molar-refractivity contribution in [3.8, 4) is 0 Å². The fraction of sp³-hybridized carbons (Fsp3) is 0.333. The molecule has 1 heterocycles. The van der Waals surface area contributed by atoms with E-state index in [0.717, 1.165) is 5.56 Å². The number of halogens is 1. The average Bonchev–Trinajstić information content (AvgIpc) is 2.93. The molecule has 21 heavy (non-hydrogen) atoms. The van der Waals surface area contributed by atoms with Crippen LogP contribution in [0.15, 0.2) is 36.8 Å². The van der Waals surface area contributed by atoms with Gasteiger partial charge in [0.25, 0.3) is 5.91 Å². The number of hydrogen-bond acceptors (Lipinski definition) is 3. The van der Waals surface area contributed by atoms with Crippen LogP contribution >= 0.6 is 11.6 Å². The lowest BCUT2D eigenvalue weighted by Crippen LogP contribution is -2.30. The molecule has 1 aromatic heterocycles. The Morgan fingerprint density at radius 3 is 2.95 bits per heavy atom. The number of aromatic nitrogens is 2. The number of amides is 1. The zero-order chi connectivity index (χ0) is 15.2. The van der Waals surface area contributed by atoms with Crippen molar-refractivity contribution in [1.29, 1.82) is 0 Å². The van der Waals surface area contributed by atoms with Crippen LogP contribution in [0.1, 0.15) is 23.0 Å². The van der Waals surface area contributed by atoms with Crippen molar-refractivity contribution < 1.29 is 4.79 Å². The third kappa shape index (κ3) is 4.06. The monoisotopic (exact) mass is 306 g/mol. The zero-order valence-electron chi connectivity index (χ0n) is 12.0. The molecule has 1 amide bonds. The molecule has 6 heteroatoms. The summed E-state index contributed by atoms with van der Waals surface area (Å²) in [7, 11) is 0. The molecule has 0 atom stereocenters. The normalized spacial score (nSPS) is 10.6. The fourth-order valence-corrected chi connectivity index (χ4v) is 2.30. The van der Waals surface area contributed by atoms with E-state index < -0.39 is 0 Å². The number of carbonyl (C=O) groups excluding carboxylic acids is 1. The van der Waals surface area contributed by atoms with E-state index in [1.54, 1.807) is 17.4 Å². The van der Waals surface area contributed by atoms with Crippen molar-refractivity contribution in [3.63, 3.8) is 0 Å². The summed E-state index contributed by atoms with van der Waals surface area (Å²) in [5.41, 5.74) is 6.93. The maximum absolute atomic E-state index is 12.5. The fourth-order valence-electron chi connectivity index (χ4n) is 2.09. The van der Waals surface area contributed by atoms with Gasteiger partial charge in [0, 0.05) is 37.4 Å². The van der Waals surface area contributed by atoms with Gasteiger partial charge >= 0.3 is 0 Å². The van der Waals surface area contributed by atoms with Crippen LogP contribution in [-0.2, 0) is 13.1 Å². The molecule has 2 rings (SSSR count). The second kappa shape index (κ2) is 7.24. The first kappa shape index (κ1) is 15.5. The number of carbonyl (C=O) groups is 1. The molecular formula is C15H19ClN4O. The summed E-state index contributed by atoms with van der Waals surface area (Å²) in [5, 5.41) is 0.670. The smallest absolute Gasteiger partial charge is 0.274 e. The molecule has 2 N–H and O–H groups in total. The van der Waals surface area contributed by atoms with Gasteiger partial charge in [-0.1, -0.05) is 23.7 Å². The van der Waals surface area contributed by atoms with Crippen molar-refractivity contribution in [2.45, 2.75) is 20.0 Å². The molecule has 0 aliphatic heterocycles. The van der Waals surface area contributed by atoms with Crippen LogP contribution < -0.4 is 5.73 Å². The first-order valence-electron chi connectivity index (χ1n) is 6.89. The lowest BCUT2D eigenvalue weighted by atomic mass is 10.2. The van der Waals surface area contributed by atoms with Gasteiger partial charge < -0.3 is 15.2 Å². The Morgan fingerprint density at radius 1 is 1.48 bits per heavy atom. The molecule has 0 fully saturated rings. The third-order valence-corrected chi connectivity index (χ3v) is 3.41. The van der Waals surface area contributed by atoms with Crippen molar-refractivity contribution in [2.75, 3.05) is 13.1 Å². The number of nitrogens with two attached hydrogens (primary N) is 1. The van der Waals surface area contributed by atoms with E-state index >= 15 is 0 Å². The van der Waals surface area contributed by atoms with Crippen LogP contribution in [0, 0.1) is 0 Å². The molecule has 2 aromatic rings. The zero-order valence-corrected chi connectivity index (χ0v) is 12.8. The van der Waals surface area contributed by atoms with Gasteiger partial charge in [-0.15, -0.1) is 0 Å². The summed E-state index contributed by atoms with van der Waals surface area (Å²) in [5.74, 6) is -0.0896. The van der Waals surface area contributed by atoms with E-state index in [2.05, 4.69) is 4.98 Å². The van der Waals surface area contributed by atoms with Crippen molar-refractivity contribution in [2.24, 2.45) is 5.73 Å². The van der Waals surface area contributed by atoms with Gasteiger partial charge in [0.05, 0.1) is 6.33 Å². The Labute approximate surface area is 129 Å². The van der Waals surface area contributed by atoms with Crippen LogP contribution in [-0.4, -0.2) is 33.4 Å². The highest BCUT2D eigenvalue weighted by Crippen LogP contribution is 2.14. The van der Waals surface area contributed by atoms with Gasteiger partial charge in [0.2, 0.25) is 0 Å². The molecule has 0 aliphatic carbocycles. The molecule has 0 aliphatic rings. The highest BCUT2D eigenvalue weighted by atomic mass is 35.5. The Balaban J connectivity index is 2.10. The Bertz CT molecular complexity index is 611. The minimum absolute atomic E-state index is 0.0896. The second-order valence-electron chi connectivity index (χ2n) is 4.73. The predicted molar refractivity (Wildman–Crippen MR) is 83.1 cm³/mol. The van der Waals surface area contributed by atoms with Crippen LogP contribution in [0.5, 0.6) is 0 Å². The van der Waals surface area contributed by atoms with E-state index in [1.807, 2.05) is 35.8 Å². The summed E-state index contributed by atoms with van der Waals surface area (Å²) in [6.07, 6.45) is 3.36. The lowest BCUT2D eigenvalue weighted by Gasteiger charge is -2.20. The number of benzene rings is 1. The van der Waals surface area contributed by atoms with E-state index in [-0.39, 0.29) is 5.91 Å². The SMILES string of the molecule is CCN(Cc1cccc(Cl)c1)C(=O)c1cn(CCN)cn1. The standard InChI is InChI=1S/C15H19ClN4O/c1-2-20(9-12-4-3-5-13(16)8-12)15(21)14-10-19(7-6-17)11-18-14/h3-5,8,10-11H,2,6-7,9,17H2,1H3. The molecule has 0 unspecified atom stereocenters. The Hall–Kier alpha value is -1.85. The van der Waals surface area contributed by atoms with Crippen LogP contribution in [0.25, 0.3) is 0 Å². The molecule has 1 aromatic carbocycles. The number of rotatable bonds is 6. The topological polar surface area (TPSA) is 64.2 Å². The molecule has 0 saturated carbocycles. The third-order valence-electron chi connectivity index (χ3n) is 3.17. The first-order chi connectivity index (χ1) is 10.1. The Morgan fingerprint density at radius 2 is 2.29 bits per heavy atom. The minimum atomic E-state index is -0.0896. The summed E-state index contributed by atoms with van der Waals surface area (Å²) < 4.78 is 1.82. The second-order valence-corrected chi connectivity index (χ2v) is 5.17. The molecule has 0 saturated heterocycles. The molecule has 0 radical (unpaired) electrons. The van der Waals surface area contributed by atoms with Crippen LogP contribution in [0.3, 0.4) is 0 Å². The molecule has 5 nitrogen and oxygen atoms in total. The summed E-state index contributed by atoms with van der Waals surface area (Å²) in [6.45, 7) is 4.23. The van der Waals surface area contributed by atoms with Crippen LogP contribution in [0.2, 0.25) is 5.02 Å². The van der Waals surface area contributed by atoms with Crippen molar-refractivity contribution in [1.82, 2.24) is 14.5 Å². The van der Waals surface area contributed by atoms with Gasteiger partial charge in [-0.2, -0.15) is 0 Å². The number of hydrogen-bond donors (Lipinski definition) is 1. The summed E-state index contributed by atoms with van der Waals surface area (Å²) >= 11 is 5.98. The predicted octanol–water partition coefficient (Wildman–Crippen LogP) is 2.16. The number of imidazole rings is 1. The maximum atomic E-state index is 12.5. The summed E-state index contributed by atoms with van der Waals surface area (Å²) in [6, 6.07) is 7.52. The largest absolute Gasteiger partial charge is 0.335 e. The van der Waals surface area contributed by atoms with E-state index in [0.29, 0.717) is 36.9 Å². The quantitative estimate of drug-likeness (QED) is 0.889. The van der Waals surface area contributed by atoms with Gasteiger partial charge in [-0.05, 0) is 24.6 Å². The maximum Gasteiger partial charge on any atom is 0.274 e. The van der Waals surface area contributed by atoms with Crippen molar-refractivity contribution in [3.05, 3.63) is 53.1 Å². The van der Waals surface area contributed by atoms with E-state index in [9.17, 15) is 4.79 Å². The van der Waals surface area contributed by atoms with E-state index in [1.165, 1.54) is 0 Å². The van der Waals surface area contributed by atoms with Crippen LogP contribution in [0.4, 0.5) is 0 Å². The van der Waals surface area contributed by atoms with E-state index in [4.69, 9.17) is 17.3 Å². The summed E-state index contributed by atoms with van der Waals surface area (Å²) in [4.78, 5) is 18.4. The highest BCUT2D eigenvalue weighted by Gasteiger charge is 2.17. The minimum Gasteiger partial charge on any atom is -0.335 e. The molecule has 112 valence electrons. The Kier molecular flexibility index (Phi) is 5.36. The molecule has 0 bridgehead atoms. The molecular weight excluding hydrogens is 288 g/mol. The van der Waals surface area contributed by atoms with Gasteiger partial charge in [-0.25, -0.2) is 4.98 Å². The first-order valence-corrected chi connectivity index (χ1v) is 7.27. The van der Waals surface area contributed by atoms with Gasteiger partial charge in [-0.3, -0.25) is 4.79 Å². The van der Waals surface area contributed by atoms with Crippen molar-refractivity contribution >= 4 is 17.5 Å². The lowest BCUT2D eigenvalue weighted by molar-refractivity contribution is 0.0747. The van der Waals surface area contributed by atoms with Gasteiger partial charge in [0.1, 0.15) is 5.69 Å². The van der Waals surface area contributed by atoms with Gasteiger partial charge in [0.15, 0.2) is 0 Å². The molecule has 0 spiro atoms.